The molecule has 0 N–H and O–H groups in total. The van der Waals surface area contributed by atoms with Crippen molar-refractivity contribution in [3.63, 3.8) is 0 Å². The van der Waals surface area contributed by atoms with E-state index in [1.165, 1.54) is 11.0 Å². The topological polar surface area (TPSA) is 41.9 Å². The number of likely N-dealkylation sites (N-methyl/N-ethyl adjacent to an activating group) is 1. The predicted octanol–water partition coefficient (Wildman–Crippen LogP) is 4.60. The van der Waals surface area contributed by atoms with Crippen LogP contribution in [-0.4, -0.2) is 29.1 Å². The van der Waals surface area contributed by atoms with Gasteiger partial charge in [-0.3, -0.25) is 9.69 Å². The van der Waals surface area contributed by atoms with Crippen molar-refractivity contribution in [1.29, 1.82) is 0 Å². The standard InChI is InChI=1S/C21H16F2N2O2S/c1-3-11-27-18-8-6-5-7-14(18)12-19-20(26)25(4-2)21(28-19)24-17-10-9-15(22)13-16(17)23/h1,5-10,12-13H,4,11H2,2H3/b19-12+,24-21?. The number of rotatable bonds is 5. The zero-order valence-electron chi connectivity index (χ0n) is 15.0. The van der Waals surface area contributed by atoms with Crippen molar-refractivity contribution in [3.05, 3.63) is 64.6 Å². The lowest BCUT2D eigenvalue weighted by Gasteiger charge is -2.12. The molecule has 1 fully saturated rings. The van der Waals surface area contributed by atoms with Crippen LogP contribution in [0, 0.1) is 24.0 Å². The van der Waals surface area contributed by atoms with Gasteiger partial charge < -0.3 is 4.74 Å². The molecule has 4 nitrogen and oxygen atoms in total. The molecule has 0 saturated carbocycles. The number of para-hydroxylation sites is 1. The minimum Gasteiger partial charge on any atom is -0.480 e. The van der Waals surface area contributed by atoms with Gasteiger partial charge in [-0.15, -0.1) is 6.42 Å². The molecule has 1 saturated heterocycles. The molecule has 0 atom stereocenters. The van der Waals surface area contributed by atoms with Crippen LogP contribution in [0.2, 0.25) is 0 Å². The van der Waals surface area contributed by atoms with Gasteiger partial charge in [-0.2, -0.15) is 0 Å². The maximum atomic E-state index is 13.9. The molecule has 0 spiro atoms. The number of ether oxygens (including phenoxy) is 1. The molecule has 3 rings (SSSR count). The molecule has 0 unspecified atom stereocenters. The third kappa shape index (κ3) is 4.24. The summed E-state index contributed by atoms with van der Waals surface area (Å²) in [6.07, 6.45) is 6.92. The van der Waals surface area contributed by atoms with Crippen LogP contribution < -0.4 is 4.74 Å². The molecule has 0 aliphatic carbocycles. The summed E-state index contributed by atoms with van der Waals surface area (Å²) >= 11 is 1.12. The Morgan fingerprint density at radius 1 is 1.29 bits per heavy atom. The summed E-state index contributed by atoms with van der Waals surface area (Å²) in [6.45, 7) is 2.26. The second-order valence-corrected chi connectivity index (χ2v) is 6.69. The van der Waals surface area contributed by atoms with E-state index in [-0.39, 0.29) is 18.2 Å². The van der Waals surface area contributed by atoms with Crippen molar-refractivity contribution >= 4 is 34.6 Å². The van der Waals surface area contributed by atoms with Gasteiger partial charge in [0.25, 0.3) is 5.91 Å². The number of terminal acetylenes is 1. The third-order valence-electron chi connectivity index (χ3n) is 3.85. The highest BCUT2D eigenvalue weighted by molar-refractivity contribution is 8.18. The lowest BCUT2D eigenvalue weighted by molar-refractivity contribution is -0.122. The van der Waals surface area contributed by atoms with Gasteiger partial charge in [-0.25, -0.2) is 13.8 Å². The molecule has 1 amide bonds. The molecule has 2 aromatic carbocycles. The molecule has 142 valence electrons. The van der Waals surface area contributed by atoms with Crippen LogP contribution >= 0.6 is 11.8 Å². The number of aliphatic imine (C=N–C) groups is 1. The van der Waals surface area contributed by atoms with Crippen molar-refractivity contribution in [2.75, 3.05) is 13.2 Å². The Kier molecular flexibility index (Phi) is 6.12. The summed E-state index contributed by atoms with van der Waals surface area (Å²) in [5.41, 5.74) is 0.660. The quantitative estimate of drug-likeness (QED) is 0.546. The summed E-state index contributed by atoms with van der Waals surface area (Å²) in [4.78, 5) is 18.8. The van der Waals surface area contributed by atoms with Crippen LogP contribution in [0.4, 0.5) is 14.5 Å². The van der Waals surface area contributed by atoms with Crippen molar-refractivity contribution in [1.82, 2.24) is 4.90 Å². The highest BCUT2D eigenvalue weighted by Crippen LogP contribution is 2.35. The molecule has 0 aromatic heterocycles. The fourth-order valence-corrected chi connectivity index (χ4v) is 3.58. The monoisotopic (exact) mass is 398 g/mol. The zero-order chi connectivity index (χ0) is 20.1. The molecule has 0 radical (unpaired) electrons. The second-order valence-electron chi connectivity index (χ2n) is 5.68. The fourth-order valence-electron chi connectivity index (χ4n) is 2.54. The van der Waals surface area contributed by atoms with E-state index in [0.29, 0.717) is 27.9 Å². The molecular weight excluding hydrogens is 382 g/mol. The lowest BCUT2D eigenvalue weighted by Crippen LogP contribution is -2.28. The Bertz CT molecular complexity index is 1010. The summed E-state index contributed by atoms with van der Waals surface area (Å²) in [5.74, 6) is 1.23. The van der Waals surface area contributed by atoms with Gasteiger partial charge in [0.15, 0.2) is 11.0 Å². The number of amidine groups is 1. The number of nitrogens with zero attached hydrogens (tertiary/aromatic N) is 2. The first-order valence-electron chi connectivity index (χ1n) is 8.44. The van der Waals surface area contributed by atoms with Crippen LogP contribution in [-0.2, 0) is 4.79 Å². The minimum atomic E-state index is -0.790. The number of amides is 1. The van der Waals surface area contributed by atoms with Gasteiger partial charge in [0.1, 0.15) is 23.9 Å². The number of halogens is 2. The van der Waals surface area contributed by atoms with Gasteiger partial charge in [0.05, 0.1) is 4.91 Å². The van der Waals surface area contributed by atoms with Crippen molar-refractivity contribution in [2.24, 2.45) is 4.99 Å². The molecular formula is C21H16F2N2O2S. The molecule has 1 aliphatic heterocycles. The van der Waals surface area contributed by atoms with Crippen molar-refractivity contribution in [3.8, 4) is 18.1 Å². The third-order valence-corrected chi connectivity index (χ3v) is 4.85. The Morgan fingerprint density at radius 3 is 2.79 bits per heavy atom. The molecule has 0 bridgehead atoms. The predicted molar refractivity (Wildman–Crippen MR) is 107 cm³/mol. The largest absolute Gasteiger partial charge is 0.480 e. The van der Waals surface area contributed by atoms with Crippen LogP contribution in [0.1, 0.15) is 12.5 Å². The SMILES string of the molecule is C#CCOc1ccccc1/C=C1/SC(=Nc2ccc(F)cc2F)N(CC)C1=O. The summed E-state index contributed by atoms with van der Waals surface area (Å²) in [5, 5.41) is 0.325. The molecule has 1 aliphatic rings. The molecule has 28 heavy (non-hydrogen) atoms. The zero-order valence-corrected chi connectivity index (χ0v) is 15.8. The van der Waals surface area contributed by atoms with Crippen LogP contribution in [0.15, 0.2) is 52.4 Å². The number of hydrogen-bond donors (Lipinski definition) is 0. The van der Waals surface area contributed by atoms with Gasteiger partial charge in [0, 0.05) is 18.2 Å². The number of benzene rings is 2. The van der Waals surface area contributed by atoms with E-state index < -0.39 is 11.6 Å². The first-order valence-corrected chi connectivity index (χ1v) is 9.25. The fraction of sp³-hybridized carbons (Fsp3) is 0.143. The van der Waals surface area contributed by atoms with Gasteiger partial charge >= 0.3 is 0 Å². The van der Waals surface area contributed by atoms with Gasteiger partial charge in [-0.05, 0) is 43.0 Å². The number of carbonyl (C=O) groups is 1. The Balaban J connectivity index is 1.95. The molecule has 1 heterocycles. The highest BCUT2D eigenvalue weighted by atomic mass is 32.2. The van der Waals surface area contributed by atoms with E-state index in [9.17, 15) is 13.6 Å². The van der Waals surface area contributed by atoms with Crippen LogP contribution in [0.3, 0.4) is 0 Å². The molecule has 2 aromatic rings. The highest BCUT2D eigenvalue weighted by Gasteiger charge is 2.32. The maximum Gasteiger partial charge on any atom is 0.266 e. The Morgan fingerprint density at radius 2 is 2.07 bits per heavy atom. The average molecular weight is 398 g/mol. The first kappa shape index (κ1) is 19.6. The van der Waals surface area contributed by atoms with E-state index in [0.717, 1.165) is 23.9 Å². The first-order chi connectivity index (χ1) is 13.5. The summed E-state index contributed by atoms with van der Waals surface area (Å²) < 4.78 is 32.5. The average Bonchev–Trinajstić information content (AvgIpc) is 2.97. The van der Waals surface area contributed by atoms with E-state index in [1.54, 1.807) is 31.2 Å². The smallest absolute Gasteiger partial charge is 0.266 e. The lowest BCUT2D eigenvalue weighted by atomic mass is 10.2. The molecule has 7 heteroatoms. The van der Waals surface area contributed by atoms with Crippen LogP contribution in [0.25, 0.3) is 6.08 Å². The Hall–Kier alpha value is -3.11. The minimum absolute atomic E-state index is 0.0332. The number of carbonyl (C=O) groups excluding carboxylic acids is 1. The van der Waals surface area contributed by atoms with E-state index in [2.05, 4.69) is 10.9 Å². The number of hydrogen-bond acceptors (Lipinski definition) is 4. The van der Waals surface area contributed by atoms with Crippen molar-refractivity contribution in [2.45, 2.75) is 6.92 Å². The van der Waals surface area contributed by atoms with Gasteiger partial charge in [0.2, 0.25) is 0 Å². The van der Waals surface area contributed by atoms with Crippen molar-refractivity contribution < 1.29 is 18.3 Å². The van der Waals surface area contributed by atoms with Gasteiger partial charge in [-0.1, -0.05) is 24.1 Å². The maximum absolute atomic E-state index is 13.9. The number of thioether (sulfide) groups is 1. The van der Waals surface area contributed by atoms with Crippen LogP contribution in [0.5, 0.6) is 5.75 Å². The summed E-state index contributed by atoms with van der Waals surface area (Å²) in [7, 11) is 0. The van der Waals surface area contributed by atoms with E-state index >= 15 is 0 Å². The summed E-state index contributed by atoms with van der Waals surface area (Å²) in [6, 6.07) is 10.3. The normalized spacial score (nSPS) is 16.6. The second kappa shape index (κ2) is 8.72. The Labute approximate surface area is 165 Å². The van der Waals surface area contributed by atoms with E-state index in [1.807, 2.05) is 6.07 Å². The van der Waals surface area contributed by atoms with E-state index in [4.69, 9.17) is 11.2 Å².